The van der Waals surface area contributed by atoms with E-state index in [-0.39, 0.29) is 5.56 Å². The third-order valence-corrected chi connectivity index (χ3v) is 4.22. The molecule has 0 fully saturated rings. The van der Waals surface area contributed by atoms with E-state index in [1.807, 2.05) is 44.2 Å². The van der Waals surface area contributed by atoms with Gasteiger partial charge in [-0.05, 0) is 43.7 Å². The maximum Gasteiger partial charge on any atom is 0.263 e. The zero-order chi connectivity index (χ0) is 14.8. The lowest BCUT2D eigenvalue weighted by Gasteiger charge is -2.04. The van der Waals surface area contributed by atoms with Gasteiger partial charge in [0.15, 0.2) is 4.80 Å². The number of rotatable bonds is 2. The minimum absolute atomic E-state index is 0.0363. The van der Waals surface area contributed by atoms with Crippen molar-refractivity contribution in [3.8, 4) is 0 Å². The van der Waals surface area contributed by atoms with Gasteiger partial charge in [0.25, 0.3) is 5.56 Å². The summed E-state index contributed by atoms with van der Waals surface area (Å²) in [7, 11) is 0. The SMILES string of the molecule is CCn1c(=Nc2cccc(C)c2)sc2ncccc2c1=O. The van der Waals surface area contributed by atoms with E-state index < -0.39 is 0 Å². The molecule has 0 saturated heterocycles. The zero-order valence-corrected chi connectivity index (χ0v) is 12.7. The van der Waals surface area contributed by atoms with Crippen molar-refractivity contribution in [2.24, 2.45) is 4.99 Å². The summed E-state index contributed by atoms with van der Waals surface area (Å²) in [6, 6.07) is 11.5. The number of fused-ring (bicyclic) bond motifs is 1. The summed E-state index contributed by atoms with van der Waals surface area (Å²) in [4.78, 5) is 22.8. The van der Waals surface area contributed by atoms with Crippen LogP contribution in [0.2, 0.25) is 0 Å². The molecule has 1 aromatic carbocycles. The Kier molecular flexibility index (Phi) is 3.66. The van der Waals surface area contributed by atoms with Crippen molar-refractivity contribution >= 4 is 27.2 Å². The Morgan fingerprint density at radius 1 is 1.29 bits per heavy atom. The predicted molar refractivity (Wildman–Crippen MR) is 86.0 cm³/mol. The van der Waals surface area contributed by atoms with Crippen LogP contribution in [0.15, 0.2) is 52.4 Å². The van der Waals surface area contributed by atoms with Gasteiger partial charge in [-0.3, -0.25) is 9.36 Å². The number of nitrogens with zero attached hydrogens (tertiary/aromatic N) is 3. The lowest BCUT2D eigenvalue weighted by atomic mass is 10.2. The van der Waals surface area contributed by atoms with Crippen LogP contribution in [0.5, 0.6) is 0 Å². The molecular formula is C16H15N3OS. The highest BCUT2D eigenvalue weighted by molar-refractivity contribution is 7.15. The molecule has 3 rings (SSSR count). The van der Waals surface area contributed by atoms with Gasteiger partial charge in [0, 0.05) is 12.7 Å². The van der Waals surface area contributed by atoms with Gasteiger partial charge < -0.3 is 0 Å². The van der Waals surface area contributed by atoms with Crippen molar-refractivity contribution in [2.75, 3.05) is 0 Å². The zero-order valence-electron chi connectivity index (χ0n) is 11.9. The highest BCUT2D eigenvalue weighted by Crippen LogP contribution is 2.14. The smallest absolute Gasteiger partial charge is 0.263 e. The molecular weight excluding hydrogens is 282 g/mol. The Bertz CT molecular complexity index is 924. The number of hydrogen-bond donors (Lipinski definition) is 0. The summed E-state index contributed by atoms with van der Waals surface area (Å²) in [5, 5.41) is 0.646. The van der Waals surface area contributed by atoms with Crippen molar-refractivity contribution in [2.45, 2.75) is 20.4 Å². The fourth-order valence-electron chi connectivity index (χ4n) is 2.18. The summed E-state index contributed by atoms with van der Waals surface area (Å²) in [6.07, 6.45) is 1.70. The number of aryl methyl sites for hydroxylation is 1. The number of benzene rings is 1. The third kappa shape index (κ3) is 2.64. The van der Waals surface area contributed by atoms with Crippen LogP contribution in [0.25, 0.3) is 10.2 Å². The number of hydrogen-bond acceptors (Lipinski definition) is 4. The van der Waals surface area contributed by atoms with Gasteiger partial charge in [-0.1, -0.05) is 23.5 Å². The normalized spacial score (nSPS) is 12.0. The van der Waals surface area contributed by atoms with Crippen LogP contribution in [0.1, 0.15) is 12.5 Å². The van der Waals surface area contributed by atoms with Crippen molar-refractivity contribution in [3.63, 3.8) is 0 Å². The van der Waals surface area contributed by atoms with Crippen LogP contribution >= 0.6 is 11.3 Å². The minimum Gasteiger partial charge on any atom is -0.284 e. The topological polar surface area (TPSA) is 47.2 Å². The van der Waals surface area contributed by atoms with Crippen LogP contribution in [0.3, 0.4) is 0 Å². The molecule has 2 heterocycles. The molecule has 0 atom stereocenters. The average molecular weight is 297 g/mol. The second-order valence-corrected chi connectivity index (χ2v) is 5.70. The largest absolute Gasteiger partial charge is 0.284 e. The summed E-state index contributed by atoms with van der Waals surface area (Å²) >= 11 is 1.44. The molecule has 5 heteroatoms. The molecule has 0 aliphatic heterocycles. The summed E-state index contributed by atoms with van der Waals surface area (Å²) in [5.74, 6) is 0. The van der Waals surface area contributed by atoms with Crippen molar-refractivity contribution in [1.82, 2.24) is 9.55 Å². The Labute approximate surface area is 126 Å². The van der Waals surface area contributed by atoms with Crippen LogP contribution in [-0.2, 0) is 6.54 Å². The molecule has 106 valence electrons. The molecule has 0 saturated carbocycles. The first-order chi connectivity index (χ1) is 10.2. The van der Waals surface area contributed by atoms with Crippen molar-refractivity contribution < 1.29 is 0 Å². The van der Waals surface area contributed by atoms with Gasteiger partial charge in [0.2, 0.25) is 0 Å². The second-order valence-electron chi connectivity index (χ2n) is 4.74. The first kappa shape index (κ1) is 13.7. The second kappa shape index (κ2) is 5.61. The molecule has 0 amide bonds. The molecule has 4 nitrogen and oxygen atoms in total. The molecule has 21 heavy (non-hydrogen) atoms. The molecule has 0 aliphatic rings. The van der Waals surface area contributed by atoms with E-state index >= 15 is 0 Å². The minimum atomic E-state index is -0.0363. The van der Waals surface area contributed by atoms with Crippen LogP contribution in [-0.4, -0.2) is 9.55 Å². The monoisotopic (exact) mass is 297 g/mol. The lowest BCUT2D eigenvalue weighted by Crippen LogP contribution is -2.31. The molecule has 0 bridgehead atoms. The van der Waals surface area contributed by atoms with Crippen LogP contribution < -0.4 is 10.4 Å². The van der Waals surface area contributed by atoms with E-state index in [2.05, 4.69) is 9.98 Å². The summed E-state index contributed by atoms with van der Waals surface area (Å²) in [5.41, 5.74) is 1.96. The molecule has 0 N–H and O–H groups in total. The van der Waals surface area contributed by atoms with Crippen LogP contribution in [0.4, 0.5) is 5.69 Å². The Morgan fingerprint density at radius 3 is 2.90 bits per heavy atom. The van der Waals surface area contributed by atoms with E-state index in [4.69, 9.17) is 0 Å². The van der Waals surface area contributed by atoms with Gasteiger partial charge in [-0.25, -0.2) is 9.98 Å². The maximum absolute atomic E-state index is 12.5. The number of aromatic nitrogens is 2. The van der Waals surface area contributed by atoms with E-state index in [0.29, 0.717) is 16.7 Å². The molecule has 0 radical (unpaired) electrons. The Balaban J connectivity index is 2.34. The van der Waals surface area contributed by atoms with Gasteiger partial charge in [-0.15, -0.1) is 0 Å². The molecule has 3 aromatic rings. The van der Waals surface area contributed by atoms with E-state index in [1.54, 1.807) is 16.8 Å². The maximum atomic E-state index is 12.5. The van der Waals surface area contributed by atoms with E-state index in [1.165, 1.54) is 11.3 Å². The molecule has 0 spiro atoms. The quantitative estimate of drug-likeness (QED) is 0.730. The van der Waals surface area contributed by atoms with Gasteiger partial charge in [-0.2, -0.15) is 0 Å². The highest BCUT2D eigenvalue weighted by atomic mass is 32.1. The van der Waals surface area contributed by atoms with E-state index in [9.17, 15) is 4.79 Å². The first-order valence-corrected chi connectivity index (χ1v) is 7.61. The number of pyridine rings is 1. The molecule has 2 aromatic heterocycles. The molecule has 0 unspecified atom stereocenters. The van der Waals surface area contributed by atoms with Crippen molar-refractivity contribution in [3.05, 3.63) is 63.3 Å². The standard InChI is InChI=1S/C16H15N3OS/c1-3-19-15(20)13-8-5-9-17-14(13)21-16(19)18-12-7-4-6-11(2)10-12/h4-10H,3H2,1-2H3. The fourth-order valence-corrected chi connectivity index (χ4v) is 3.20. The van der Waals surface area contributed by atoms with Gasteiger partial charge in [0.1, 0.15) is 4.83 Å². The first-order valence-electron chi connectivity index (χ1n) is 6.79. The third-order valence-electron chi connectivity index (χ3n) is 3.21. The predicted octanol–water partition coefficient (Wildman–Crippen LogP) is 3.02. The Morgan fingerprint density at radius 2 is 2.14 bits per heavy atom. The summed E-state index contributed by atoms with van der Waals surface area (Å²) in [6.45, 7) is 4.56. The van der Waals surface area contributed by atoms with E-state index in [0.717, 1.165) is 16.1 Å². The fraction of sp³-hybridized carbons (Fsp3) is 0.188. The van der Waals surface area contributed by atoms with Gasteiger partial charge >= 0.3 is 0 Å². The summed E-state index contributed by atoms with van der Waals surface area (Å²) < 4.78 is 1.69. The molecule has 0 aliphatic carbocycles. The van der Waals surface area contributed by atoms with Gasteiger partial charge in [0.05, 0.1) is 11.1 Å². The Hall–Kier alpha value is -2.27. The van der Waals surface area contributed by atoms with Crippen LogP contribution in [0, 0.1) is 6.92 Å². The lowest BCUT2D eigenvalue weighted by molar-refractivity contribution is 0.708. The highest BCUT2D eigenvalue weighted by Gasteiger charge is 2.06. The average Bonchev–Trinajstić information content (AvgIpc) is 2.48. The van der Waals surface area contributed by atoms with Crippen molar-refractivity contribution in [1.29, 1.82) is 0 Å².